The van der Waals surface area contributed by atoms with Crippen molar-refractivity contribution in [1.29, 1.82) is 0 Å². The van der Waals surface area contributed by atoms with Crippen LogP contribution in [0, 0.1) is 0 Å². The molecule has 0 radical (unpaired) electrons. The molecule has 2 heterocycles. The van der Waals surface area contributed by atoms with Crippen molar-refractivity contribution in [3.63, 3.8) is 0 Å². The third-order valence-electron chi connectivity index (χ3n) is 2.27. The Morgan fingerprint density at radius 1 is 1.50 bits per heavy atom. The molecular formula is C10H15N5O. The summed E-state index contributed by atoms with van der Waals surface area (Å²) in [5.74, 6) is 1.37. The number of hydrogen-bond donors (Lipinski definition) is 1. The highest BCUT2D eigenvalue weighted by molar-refractivity contribution is 5.39. The van der Waals surface area contributed by atoms with E-state index in [1.807, 2.05) is 0 Å². The molecule has 1 fully saturated rings. The average molecular weight is 221 g/mol. The van der Waals surface area contributed by atoms with Crippen LogP contribution in [-0.2, 0) is 4.74 Å². The molecule has 6 nitrogen and oxygen atoms in total. The average Bonchev–Trinajstić information content (AvgIpc) is 2.38. The van der Waals surface area contributed by atoms with Crippen molar-refractivity contribution in [3.05, 3.63) is 18.9 Å². The Morgan fingerprint density at radius 3 is 3.06 bits per heavy atom. The number of anilines is 2. The van der Waals surface area contributed by atoms with Gasteiger partial charge in [0, 0.05) is 19.6 Å². The number of aromatic nitrogens is 3. The minimum absolute atomic E-state index is 0.650. The Labute approximate surface area is 94.3 Å². The Kier molecular flexibility index (Phi) is 3.66. The highest BCUT2D eigenvalue weighted by atomic mass is 16.5. The Morgan fingerprint density at radius 2 is 2.31 bits per heavy atom. The molecule has 0 saturated carbocycles. The van der Waals surface area contributed by atoms with E-state index in [9.17, 15) is 0 Å². The van der Waals surface area contributed by atoms with Crippen LogP contribution in [-0.4, -0.2) is 48.0 Å². The molecule has 0 aliphatic carbocycles. The molecule has 16 heavy (non-hydrogen) atoms. The van der Waals surface area contributed by atoms with Crippen LogP contribution in [0.25, 0.3) is 0 Å². The predicted octanol–water partition coefficient (Wildman–Crippen LogP) is 0.306. The van der Waals surface area contributed by atoms with E-state index in [4.69, 9.17) is 4.74 Å². The Hall–Kier alpha value is -1.69. The molecule has 1 aliphatic heterocycles. The van der Waals surface area contributed by atoms with Gasteiger partial charge in [-0.3, -0.25) is 0 Å². The molecule has 0 spiro atoms. The van der Waals surface area contributed by atoms with E-state index in [-0.39, 0.29) is 0 Å². The van der Waals surface area contributed by atoms with Gasteiger partial charge in [-0.1, -0.05) is 6.08 Å². The van der Waals surface area contributed by atoms with Gasteiger partial charge in [0.2, 0.25) is 5.95 Å². The molecule has 0 amide bonds. The van der Waals surface area contributed by atoms with Crippen LogP contribution in [0.3, 0.4) is 0 Å². The van der Waals surface area contributed by atoms with Crippen molar-refractivity contribution in [3.8, 4) is 0 Å². The number of morpholine rings is 1. The first kappa shape index (κ1) is 10.8. The lowest BCUT2D eigenvalue weighted by atomic mass is 10.4. The smallest absolute Gasteiger partial charge is 0.247 e. The topological polar surface area (TPSA) is 63.2 Å². The molecule has 6 heteroatoms. The van der Waals surface area contributed by atoms with Crippen LogP contribution in [0.4, 0.5) is 11.8 Å². The van der Waals surface area contributed by atoms with E-state index in [2.05, 4.69) is 32.0 Å². The fourth-order valence-corrected chi connectivity index (χ4v) is 1.45. The third kappa shape index (κ3) is 2.66. The second-order valence-electron chi connectivity index (χ2n) is 3.41. The van der Waals surface area contributed by atoms with Gasteiger partial charge in [-0.2, -0.15) is 10.1 Å². The molecule has 1 aromatic heterocycles. The van der Waals surface area contributed by atoms with E-state index >= 15 is 0 Å². The zero-order valence-corrected chi connectivity index (χ0v) is 9.09. The summed E-state index contributed by atoms with van der Waals surface area (Å²) in [7, 11) is 0. The van der Waals surface area contributed by atoms with E-state index < -0.39 is 0 Å². The van der Waals surface area contributed by atoms with Gasteiger partial charge in [-0.15, -0.1) is 11.7 Å². The monoisotopic (exact) mass is 221 g/mol. The van der Waals surface area contributed by atoms with Crippen molar-refractivity contribution in [2.24, 2.45) is 0 Å². The molecule has 0 atom stereocenters. The Balaban J connectivity index is 2.05. The van der Waals surface area contributed by atoms with Gasteiger partial charge in [0.1, 0.15) is 0 Å². The van der Waals surface area contributed by atoms with Crippen LogP contribution >= 0.6 is 0 Å². The second-order valence-corrected chi connectivity index (χ2v) is 3.41. The van der Waals surface area contributed by atoms with E-state index in [1.54, 1.807) is 12.3 Å². The van der Waals surface area contributed by atoms with Gasteiger partial charge in [-0.25, -0.2) is 0 Å². The van der Waals surface area contributed by atoms with Crippen LogP contribution in [0.1, 0.15) is 0 Å². The molecule has 1 aliphatic rings. The fraction of sp³-hybridized carbons (Fsp3) is 0.500. The first-order valence-corrected chi connectivity index (χ1v) is 5.27. The summed E-state index contributed by atoms with van der Waals surface area (Å²) >= 11 is 0. The van der Waals surface area contributed by atoms with Crippen molar-refractivity contribution < 1.29 is 4.74 Å². The highest BCUT2D eigenvalue weighted by Crippen LogP contribution is 2.10. The zero-order valence-electron chi connectivity index (χ0n) is 9.09. The molecule has 86 valence electrons. The summed E-state index contributed by atoms with van der Waals surface area (Å²) in [5.41, 5.74) is 0. The number of hydrogen-bond acceptors (Lipinski definition) is 6. The van der Waals surface area contributed by atoms with Gasteiger partial charge in [-0.05, 0) is 0 Å². The summed E-state index contributed by atoms with van der Waals surface area (Å²) in [4.78, 5) is 6.44. The van der Waals surface area contributed by atoms with Crippen LogP contribution in [0.5, 0.6) is 0 Å². The first-order chi connectivity index (χ1) is 7.90. The highest BCUT2D eigenvalue weighted by Gasteiger charge is 2.14. The summed E-state index contributed by atoms with van der Waals surface area (Å²) < 4.78 is 5.27. The maximum atomic E-state index is 5.27. The summed E-state index contributed by atoms with van der Waals surface area (Å²) in [6.07, 6.45) is 3.38. The minimum Gasteiger partial charge on any atom is -0.378 e. The number of nitrogens with zero attached hydrogens (tertiary/aromatic N) is 4. The van der Waals surface area contributed by atoms with Gasteiger partial charge in [0.25, 0.3) is 0 Å². The predicted molar refractivity (Wildman–Crippen MR) is 61.5 cm³/mol. The van der Waals surface area contributed by atoms with E-state index in [0.29, 0.717) is 25.7 Å². The van der Waals surface area contributed by atoms with Gasteiger partial charge < -0.3 is 15.0 Å². The normalized spacial score (nSPS) is 15.9. The number of ether oxygens (including phenoxy) is 1. The SMILES string of the molecule is C=CCNc1cnnc(N2CCOCC2)n1. The zero-order chi connectivity index (χ0) is 11.2. The van der Waals surface area contributed by atoms with E-state index in [1.165, 1.54) is 0 Å². The molecular weight excluding hydrogens is 206 g/mol. The molecule has 0 unspecified atom stereocenters. The van der Waals surface area contributed by atoms with Crippen molar-refractivity contribution in [1.82, 2.24) is 15.2 Å². The second kappa shape index (κ2) is 5.41. The van der Waals surface area contributed by atoms with Crippen molar-refractivity contribution in [2.45, 2.75) is 0 Å². The van der Waals surface area contributed by atoms with Gasteiger partial charge in [0.15, 0.2) is 5.82 Å². The molecule has 0 bridgehead atoms. The van der Waals surface area contributed by atoms with Crippen LogP contribution < -0.4 is 10.2 Å². The maximum absolute atomic E-state index is 5.27. The number of nitrogens with one attached hydrogen (secondary N) is 1. The lowest BCUT2D eigenvalue weighted by molar-refractivity contribution is 0.122. The minimum atomic E-state index is 0.650. The maximum Gasteiger partial charge on any atom is 0.247 e. The van der Waals surface area contributed by atoms with Gasteiger partial charge >= 0.3 is 0 Å². The summed E-state index contributed by atoms with van der Waals surface area (Å²) in [6.45, 7) is 7.36. The largest absolute Gasteiger partial charge is 0.378 e. The Bertz CT molecular complexity index is 351. The molecule has 2 rings (SSSR count). The molecule has 1 N–H and O–H groups in total. The summed E-state index contributed by atoms with van der Waals surface area (Å²) in [6, 6.07) is 0. The molecule has 1 aromatic rings. The van der Waals surface area contributed by atoms with Crippen LogP contribution in [0.2, 0.25) is 0 Å². The van der Waals surface area contributed by atoms with Crippen LogP contribution in [0.15, 0.2) is 18.9 Å². The van der Waals surface area contributed by atoms with Crippen molar-refractivity contribution >= 4 is 11.8 Å². The standard InChI is InChI=1S/C10H15N5O/c1-2-3-11-9-8-12-14-10(13-9)15-4-6-16-7-5-15/h2,8H,1,3-7H2,(H,11,13,14). The molecule has 1 saturated heterocycles. The third-order valence-corrected chi connectivity index (χ3v) is 2.27. The summed E-state index contributed by atoms with van der Waals surface area (Å²) in [5, 5.41) is 11.0. The van der Waals surface area contributed by atoms with E-state index in [0.717, 1.165) is 18.9 Å². The first-order valence-electron chi connectivity index (χ1n) is 5.27. The molecule has 0 aromatic carbocycles. The van der Waals surface area contributed by atoms with Crippen molar-refractivity contribution in [2.75, 3.05) is 43.1 Å². The quantitative estimate of drug-likeness (QED) is 0.738. The lowest BCUT2D eigenvalue weighted by Crippen LogP contribution is -2.37. The number of rotatable bonds is 4. The van der Waals surface area contributed by atoms with Gasteiger partial charge in [0.05, 0.1) is 19.4 Å². The fourth-order valence-electron chi connectivity index (χ4n) is 1.45. The lowest BCUT2D eigenvalue weighted by Gasteiger charge is -2.26.